The van der Waals surface area contributed by atoms with Gasteiger partial charge in [-0.3, -0.25) is 9.69 Å². The molecule has 144 valence electrons. The van der Waals surface area contributed by atoms with E-state index < -0.39 is 5.97 Å². The average molecular weight is 365 g/mol. The number of ether oxygens (including phenoxy) is 2. The van der Waals surface area contributed by atoms with Gasteiger partial charge in [0, 0.05) is 23.8 Å². The Hall–Kier alpha value is -2.48. The smallest absolute Gasteiger partial charge is 0.319 e. The molecule has 0 atom stereocenters. The van der Waals surface area contributed by atoms with E-state index in [1.54, 1.807) is 25.3 Å². The molecule has 8 heteroatoms. The number of rotatable bonds is 9. The fourth-order valence-corrected chi connectivity index (χ4v) is 3.05. The molecule has 0 aromatic heterocycles. The number of anilines is 1. The minimum absolute atomic E-state index is 0.0338. The lowest BCUT2D eigenvalue weighted by molar-refractivity contribution is -0.139. The first-order chi connectivity index (χ1) is 12.5. The maximum Gasteiger partial charge on any atom is 0.319 e. The van der Waals surface area contributed by atoms with Gasteiger partial charge in [0.1, 0.15) is 0 Å². The summed E-state index contributed by atoms with van der Waals surface area (Å²) < 4.78 is 10.7. The van der Waals surface area contributed by atoms with Gasteiger partial charge in [-0.25, -0.2) is 4.79 Å². The van der Waals surface area contributed by atoms with Gasteiger partial charge in [-0.05, 0) is 38.4 Å². The first-order valence-corrected chi connectivity index (χ1v) is 8.81. The Morgan fingerprint density at radius 2 is 2.00 bits per heavy atom. The van der Waals surface area contributed by atoms with Gasteiger partial charge < -0.3 is 25.2 Å². The van der Waals surface area contributed by atoms with Crippen molar-refractivity contribution in [2.75, 3.05) is 32.1 Å². The second-order valence-electron chi connectivity index (χ2n) is 6.18. The lowest BCUT2D eigenvalue weighted by atomic mass is 9.85. The zero-order valence-corrected chi connectivity index (χ0v) is 15.4. The van der Waals surface area contributed by atoms with Crippen LogP contribution in [0.3, 0.4) is 0 Å². The molecule has 0 heterocycles. The minimum atomic E-state index is -0.828. The topological polar surface area (TPSA) is 100 Å². The van der Waals surface area contributed by atoms with Crippen molar-refractivity contribution in [2.24, 2.45) is 0 Å². The number of aliphatic carboxylic acids is 1. The van der Waals surface area contributed by atoms with Crippen LogP contribution in [0.5, 0.6) is 11.5 Å². The van der Waals surface area contributed by atoms with Gasteiger partial charge in [-0.15, -0.1) is 0 Å². The van der Waals surface area contributed by atoms with Crippen LogP contribution in [0.15, 0.2) is 18.2 Å². The van der Waals surface area contributed by atoms with E-state index >= 15 is 0 Å². The number of hydrogen-bond acceptors (Lipinski definition) is 5. The van der Waals surface area contributed by atoms with Crippen LogP contribution in [-0.4, -0.2) is 60.9 Å². The van der Waals surface area contributed by atoms with E-state index in [0.717, 1.165) is 12.8 Å². The molecule has 1 aliphatic rings. The molecule has 3 N–H and O–H groups in total. The number of amides is 2. The standard InChI is InChI=1S/C18H27N3O5/c1-4-21(11-17(22)23)14-8-13(9-14)20-18(24)19-12-6-7-15(26-5-2)16(10-12)25-3/h6-7,10,13-14H,4-5,8-9,11H2,1-3H3,(H,22,23)(H2,19,20,24). The van der Waals surface area contributed by atoms with Crippen LogP contribution < -0.4 is 20.1 Å². The zero-order chi connectivity index (χ0) is 19.1. The summed E-state index contributed by atoms with van der Waals surface area (Å²) >= 11 is 0. The van der Waals surface area contributed by atoms with Crippen molar-refractivity contribution in [3.05, 3.63) is 18.2 Å². The Bertz CT molecular complexity index is 631. The zero-order valence-electron chi connectivity index (χ0n) is 15.4. The number of carboxylic acid groups (broad SMARTS) is 1. The van der Waals surface area contributed by atoms with Gasteiger partial charge in [0.25, 0.3) is 0 Å². The maximum absolute atomic E-state index is 12.1. The van der Waals surface area contributed by atoms with Crippen molar-refractivity contribution >= 4 is 17.7 Å². The highest BCUT2D eigenvalue weighted by molar-refractivity contribution is 5.90. The number of nitrogens with zero attached hydrogens (tertiary/aromatic N) is 1. The first-order valence-electron chi connectivity index (χ1n) is 8.81. The van der Waals surface area contributed by atoms with Gasteiger partial charge >= 0.3 is 12.0 Å². The third kappa shape index (κ3) is 5.26. The first kappa shape index (κ1) is 19.8. The SMILES string of the molecule is CCOc1ccc(NC(=O)NC2CC(N(CC)CC(=O)O)C2)cc1OC. The molecule has 1 saturated carbocycles. The Kier molecular flexibility index (Phi) is 7.08. The van der Waals surface area contributed by atoms with Crippen LogP contribution in [-0.2, 0) is 4.79 Å². The number of urea groups is 1. The van der Waals surface area contributed by atoms with E-state index in [1.165, 1.54) is 0 Å². The van der Waals surface area contributed by atoms with Crippen molar-refractivity contribution in [1.29, 1.82) is 0 Å². The molecule has 0 saturated heterocycles. The third-order valence-electron chi connectivity index (χ3n) is 4.43. The van der Waals surface area contributed by atoms with Crippen LogP contribution in [0.2, 0.25) is 0 Å². The molecule has 2 amide bonds. The quantitative estimate of drug-likeness (QED) is 0.620. The number of benzene rings is 1. The van der Waals surface area contributed by atoms with Crippen LogP contribution in [0, 0.1) is 0 Å². The fourth-order valence-electron chi connectivity index (χ4n) is 3.05. The van der Waals surface area contributed by atoms with Crippen molar-refractivity contribution in [1.82, 2.24) is 10.2 Å². The van der Waals surface area contributed by atoms with E-state index in [4.69, 9.17) is 14.6 Å². The summed E-state index contributed by atoms with van der Waals surface area (Å²) in [5.41, 5.74) is 0.611. The molecule has 26 heavy (non-hydrogen) atoms. The Morgan fingerprint density at radius 1 is 1.27 bits per heavy atom. The molecule has 0 radical (unpaired) electrons. The minimum Gasteiger partial charge on any atom is -0.493 e. The van der Waals surface area contributed by atoms with E-state index in [2.05, 4.69) is 10.6 Å². The number of hydrogen-bond donors (Lipinski definition) is 3. The molecule has 1 aromatic carbocycles. The van der Waals surface area contributed by atoms with Gasteiger partial charge in [0.05, 0.1) is 20.3 Å². The molecule has 1 aliphatic carbocycles. The average Bonchev–Trinajstić information content (AvgIpc) is 2.57. The Labute approximate surface area is 153 Å². The summed E-state index contributed by atoms with van der Waals surface area (Å²) in [6.07, 6.45) is 1.50. The summed E-state index contributed by atoms with van der Waals surface area (Å²) in [5, 5.41) is 14.6. The molecule has 0 aliphatic heterocycles. The van der Waals surface area contributed by atoms with Crippen LogP contribution >= 0.6 is 0 Å². The molecule has 1 fully saturated rings. The lowest BCUT2D eigenvalue weighted by Crippen LogP contribution is -2.55. The summed E-state index contributed by atoms with van der Waals surface area (Å²) in [4.78, 5) is 24.9. The van der Waals surface area contributed by atoms with Crippen LogP contribution in [0.25, 0.3) is 0 Å². The normalized spacial score (nSPS) is 18.8. The number of likely N-dealkylation sites (N-methyl/N-ethyl adjacent to an activating group) is 1. The number of carbonyl (C=O) groups is 2. The molecule has 1 aromatic rings. The van der Waals surface area contributed by atoms with Gasteiger partial charge in [0.15, 0.2) is 11.5 Å². The highest BCUT2D eigenvalue weighted by Gasteiger charge is 2.34. The largest absolute Gasteiger partial charge is 0.493 e. The molecular formula is C18H27N3O5. The second-order valence-corrected chi connectivity index (χ2v) is 6.18. The number of carboxylic acids is 1. The van der Waals surface area contributed by atoms with Crippen molar-refractivity contribution in [2.45, 2.75) is 38.8 Å². The van der Waals surface area contributed by atoms with Crippen molar-refractivity contribution in [3.63, 3.8) is 0 Å². The van der Waals surface area contributed by atoms with E-state index in [0.29, 0.717) is 30.3 Å². The number of methoxy groups -OCH3 is 1. The molecular weight excluding hydrogens is 338 g/mol. The molecule has 0 unspecified atom stereocenters. The predicted molar refractivity (Wildman–Crippen MR) is 98.0 cm³/mol. The van der Waals surface area contributed by atoms with Crippen molar-refractivity contribution < 1.29 is 24.2 Å². The number of nitrogens with one attached hydrogen (secondary N) is 2. The summed E-state index contributed by atoms with van der Waals surface area (Å²) in [6, 6.07) is 5.17. The van der Waals surface area contributed by atoms with E-state index in [-0.39, 0.29) is 24.7 Å². The van der Waals surface area contributed by atoms with Crippen LogP contribution in [0.1, 0.15) is 26.7 Å². The van der Waals surface area contributed by atoms with Gasteiger partial charge in [-0.2, -0.15) is 0 Å². The summed E-state index contributed by atoms with van der Waals surface area (Å²) in [5.74, 6) is 0.354. The summed E-state index contributed by atoms with van der Waals surface area (Å²) in [7, 11) is 1.55. The predicted octanol–water partition coefficient (Wildman–Crippen LogP) is 2.15. The van der Waals surface area contributed by atoms with E-state index in [1.807, 2.05) is 18.7 Å². The Balaban J connectivity index is 1.82. The molecule has 8 nitrogen and oxygen atoms in total. The Morgan fingerprint density at radius 3 is 2.58 bits per heavy atom. The molecule has 2 rings (SSSR count). The lowest BCUT2D eigenvalue weighted by Gasteiger charge is -2.42. The highest BCUT2D eigenvalue weighted by atomic mass is 16.5. The van der Waals surface area contributed by atoms with E-state index in [9.17, 15) is 9.59 Å². The molecule has 0 bridgehead atoms. The summed E-state index contributed by atoms with van der Waals surface area (Å²) in [6.45, 7) is 5.08. The highest BCUT2D eigenvalue weighted by Crippen LogP contribution is 2.30. The van der Waals surface area contributed by atoms with Gasteiger partial charge in [0.2, 0.25) is 0 Å². The maximum atomic E-state index is 12.1. The fraction of sp³-hybridized carbons (Fsp3) is 0.556. The third-order valence-corrected chi connectivity index (χ3v) is 4.43. The monoisotopic (exact) mass is 365 g/mol. The number of carbonyl (C=O) groups excluding carboxylic acids is 1. The van der Waals surface area contributed by atoms with Gasteiger partial charge in [-0.1, -0.05) is 6.92 Å². The second kappa shape index (κ2) is 9.28. The molecule has 0 spiro atoms. The van der Waals surface area contributed by atoms with Crippen molar-refractivity contribution in [3.8, 4) is 11.5 Å². The van der Waals surface area contributed by atoms with Crippen LogP contribution in [0.4, 0.5) is 10.5 Å².